The van der Waals surface area contributed by atoms with E-state index in [9.17, 15) is 105 Å². The first-order chi connectivity index (χ1) is 43.9. The lowest BCUT2D eigenvalue weighted by molar-refractivity contribution is -0.149. The zero-order valence-corrected chi connectivity index (χ0v) is 68.1. The number of halogens is 9. The number of nitrogens with zero attached hydrogens (tertiary/aromatic N) is 4. The fourth-order valence-electron chi connectivity index (χ4n) is 8.95. The lowest BCUT2D eigenvalue weighted by Crippen LogP contribution is -2.71. The predicted molar refractivity (Wildman–Crippen MR) is 406 cm³/mol. The Kier molecular flexibility index (Phi) is 34.7. The number of rotatable bonds is 28. The molecule has 0 spiro atoms. The van der Waals surface area contributed by atoms with Gasteiger partial charge in [-0.15, -0.1) is 0 Å². The summed E-state index contributed by atoms with van der Waals surface area (Å²) in [7, 11) is 3.70. The van der Waals surface area contributed by atoms with Crippen molar-refractivity contribution in [3.05, 3.63) is 65.5 Å². The second kappa shape index (κ2) is 38.2. The fourth-order valence-corrected chi connectivity index (χ4v) is 22.1. The van der Waals surface area contributed by atoms with Gasteiger partial charge >= 0.3 is 0 Å². The standard InChI is InChI=1S/C52H62I9N9O24/c1-67(6-15(77)9-71)49(91)25-29(53)23(32(56)38(34(25)58)64-44(86)20(80)12-74)47(89)62-4-18-41(83)43(85)42(84)19(5-63-48(90)24-30(54)26(50(92)68(2)7-16(78)10-72)35(59)39(33(24)57)65-45(87)21(81)13-75)70(18)52(94)28-31(55)27(51(93)69(3)8-17(79)11-73)36(60)40(37(28)61)66-46(88)22(82)14-76/h15-22,41-43,71-85H,4-14H2,1-3H3,(H,62,89)(H,63,90)(H,64,86)(H,65,87)(H,66,88)/t15?,16?,17?,18-,19+,20?,21?,22?,41-,42?,43?/m0/s1. The quantitative estimate of drug-likeness (QED) is 0.0313. The molecule has 0 aromatic heterocycles. The van der Waals surface area contributed by atoms with Crippen LogP contribution >= 0.6 is 203 Å². The minimum absolute atomic E-state index is 0.0286. The van der Waals surface area contributed by atoms with E-state index in [0.717, 1.165) is 19.6 Å². The third kappa shape index (κ3) is 19.7. The number of amides is 9. The lowest BCUT2D eigenvalue weighted by Gasteiger charge is -2.49. The summed E-state index contributed by atoms with van der Waals surface area (Å²) in [4.78, 5) is 133. The van der Waals surface area contributed by atoms with Crippen molar-refractivity contribution in [1.29, 1.82) is 0 Å². The Morgan fingerprint density at radius 2 is 0.628 bits per heavy atom. The number of hydrogen-bond acceptors (Lipinski definition) is 24. The van der Waals surface area contributed by atoms with E-state index in [1.807, 2.05) is 0 Å². The van der Waals surface area contributed by atoms with Gasteiger partial charge in [0.25, 0.3) is 53.2 Å². The molecule has 9 amide bonds. The van der Waals surface area contributed by atoms with E-state index in [-0.39, 0.29) is 65.9 Å². The van der Waals surface area contributed by atoms with E-state index >= 15 is 14.4 Å². The van der Waals surface area contributed by atoms with Crippen molar-refractivity contribution in [2.24, 2.45) is 0 Å². The number of likely N-dealkylation sites (N-methyl/N-ethyl adjacent to an activating group) is 3. The number of carbonyl (C=O) groups is 9. The van der Waals surface area contributed by atoms with Crippen LogP contribution in [0.5, 0.6) is 0 Å². The van der Waals surface area contributed by atoms with Crippen LogP contribution in [0.4, 0.5) is 17.1 Å². The molecular formula is C52H62I9N9O24. The highest BCUT2D eigenvalue weighted by Crippen LogP contribution is 2.41. The van der Waals surface area contributed by atoms with E-state index < -0.39 is 209 Å². The van der Waals surface area contributed by atoms with E-state index in [1.165, 1.54) is 21.1 Å². The molecular weight excluding hydrogens is 2280 g/mol. The van der Waals surface area contributed by atoms with Crippen LogP contribution in [0.2, 0.25) is 0 Å². The Morgan fingerprint density at radius 3 is 0.883 bits per heavy atom. The highest BCUT2D eigenvalue weighted by molar-refractivity contribution is 14.1. The van der Waals surface area contributed by atoms with Gasteiger partial charge < -0.3 is 123 Å². The molecule has 20 N–H and O–H groups in total. The van der Waals surface area contributed by atoms with Crippen molar-refractivity contribution in [3.63, 3.8) is 0 Å². The van der Waals surface area contributed by atoms with Crippen LogP contribution in [-0.4, -0.2) is 310 Å². The molecule has 3 aromatic carbocycles. The number of likely N-dealkylation sites (tertiary alicyclic amines) is 1. The van der Waals surface area contributed by atoms with Crippen molar-refractivity contribution in [1.82, 2.24) is 30.2 Å². The minimum Gasteiger partial charge on any atom is -0.394 e. The third-order valence-corrected chi connectivity index (χ3v) is 23.6. The Bertz CT molecular complexity index is 3250. The molecule has 522 valence electrons. The van der Waals surface area contributed by atoms with E-state index in [1.54, 1.807) is 203 Å². The van der Waals surface area contributed by atoms with Crippen LogP contribution in [0.1, 0.15) is 62.1 Å². The molecule has 42 heteroatoms. The summed E-state index contributed by atoms with van der Waals surface area (Å²) >= 11 is 14.7. The van der Waals surface area contributed by atoms with Crippen LogP contribution in [0.25, 0.3) is 0 Å². The number of hydrogen-bond donors (Lipinski definition) is 20. The molecule has 1 aliphatic rings. The SMILES string of the molecule is CN(CC(O)CO)C(=O)c1c(I)c(NC(=O)C(O)CO)c(I)c(C(=O)NC[C@@H]2C(O)C(O)[C@@H](O)[C@H](CNC(=O)c3c(I)c(NC(=O)C(O)CO)c(I)c(C(=O)N(C)CC(O)CO)c3I)N2C(=O)c2c(I)c(NC(=O)C(O)CO)c(I)c(C(=O)N(C)CC(O)CO)c2I)c1I. The summed E-state index contributed by atoms with van der Waals surface area (Å²) < 4.78 is -1.13. The summed E-state index contributed by atoms with van der Waals surface area (Å²) in [6.07, 6.45) is -17.5. The second-order valence-corrected chi connectivity index (χ2v) is 30.3. The van der Waals surface area contributed by atoms with Crippen LogP contribution in [0.15, 0.2) is 0 Å². The topological polar surface area (TPSA) is 530 Å². The molecule has 1 fully saturated rings. The Labute approximate surface area is 656 Å². The highest BCUT2D eigenvalue weighted by Gasteiger charge is 2.51. The maximum atomic E-state index is 16.2. The maximum absolute atomic E-state index is 16.2. The number of benzene rings is 3. The average Bonchev–Trinajstić information content (AvgIpc) is 0.795. The number of aliphatic hydroxyl groups excluding tert-OH is 15. The van der Waals surface area contributed by atoms with E-state index in [0.29, 0.717) is 0 Å². The summed E-state index contributed by atoms with van der Waals surface area (Å²) in [6, 6.07) is -3.98. The molecule has 0 aliphatic carbocycles. The van der Waals surface area contributed by atoms with Gasteiger partial charge in [0.2, 0.25) is 0 Å². The molecule has 4 rings (SSSR count). The number of carbonyl (C=O) groups excluding carboxylic acids is 9. The van der Waals surface area contributed by atoms with Crippen molar-refractivity contribution >= 4 is 274 Å². The molecule has 0 radical (unpaired) electrons. The first-order valence-corrected chi connectivity index (χ1v) is 36.6. The summed E-state index contributed by atoms with van der Waals surface area (Å²) in [5.41, 5.74) is -3.16. The van der Waals surface area contributed by atoms with Gasteiger partial charge in [-0.3, -0.25) is 43.2 Å². The molecule has 1 saturated heterocycles. The van der Waals surface area contributed by atoms with Crippen LogP contribution < -0.4 is 26.6 Å². The van der Waals surface area contributed by atoms with Gasteiger partial charge in [0, 0.05) is 64.6 Å². The van der Waals surface area contributed by atoms with E-state index in [2.05, 4.69) is 26.6 Å². The Hall–Kier alpha value is -1.14. The smallest absolute Gasteiger partial charge is 0.256 e. The average molecular weight is 2340 g/mol. The highest BCUT2D eigenvalue weighted by atomic mass is 127. The molecule has 94 heavy (non-hydrogen) atoms. The fraction of sp³-hybridized carbons (Fsp3) is 0.481. The van der Waals surface area contributed by atoms with Crippen molar-refractivity contribution < 1.29 is 120 Å². The Balaban J connectivity index is 2.13. The number of aliphatic hydroxyl groups is 15. The zero-order valence-electron chi connectivity index (χ0n) is 48.7. The Morgan fingerprint density at radius 1 is 0.383 bits per heavy atom. The molecule has 1 heterocycles. The van der Waals surface area contributed by atoms with Crippen LogP contribution in [-0.2, 0) is 14.4 Å². The molecule has 0 bridgehead atoms. The maximum Gasteiger partial charge on any atom is 0.256 e. The van der Waals surface area contributed by atoms with Crippen molar-refractivity contribution in [2.75, 3.05) is 109 Å². The molecule has 11 atom stereocenters. The first kappa shape index (κ1) is 85.3. The third-order valence-electron chi connectivity index (χ3n) is 13.9. The number of anilines is 3. The predicted octanol–water partition coefficient (Wildman–Crippen LogP) is -3.59. The van der Waals surface area contributed by atoms with Crippen LogP contribution in [0.3, 0.4) is 0 Å². The van der Waals surface area contributed by atoms with Gasteiger partial charge in [0.05, 0.1) is 142 Å². The summed E-state index contributed by atoms with van der Waals surface area (Å²) in [5, 5.41) is 168. The number of piperidine rings is 1. The lowest BCUT2D eigenvalue weighted by atomic mass is 9.86. The molecule has 3 aromatic rings. The van der Waals surface area contributed by atoms with Gasteiger partial charge in [-0.05, 0) is 203 Å². The molecule has 0 saturated carbocycles. The molecule has 8 unspecified atom stereocenters. The first-order valence-electron chi connectivity index (χ1n) is 26.9. The summed E-state index contributed by atoms with van der Waals surface area (Å²) in [6.45, 7) is -8.96. The van der Waals surface area contributed by atoms with Crippen molar-refractivity contribution in [3.8, 4) is 0 Å². The van der Waals surface area contributed by atoms with Gasteiger partial charge in [-0.2, -0.15) is 0 Å². The second-order valence-electron chi connectivity index (χ2n) is 20.6. The molecule has 33 nitrogen and oxygen atoms in total. The van der Waals surface area contributed by atoms with Gasteiger partial charge in [-0.1, -0.05) is 0 Å². The molecule has 1 aliphatic heterocycles. The monoisotopic (exact) mass is 2340 g/mol. The van der Waals surface area contributed by atoms with Gasteiger partial charge in [0.15, 0.2) is 18.3 Å². The van der Waals surface area contributed by atoms with Gasteiger partial charge in [-0.25, -0.2) is 0 Å². The van der Waals surface area contributed by atoms with Gasteiger partial charge in [0.1, 0.15) is 18.3 Å². The van der Waals surface area contributed by atoms with E-state index in [4.69, 9.17) is 0 Å². The summed E-state index contributed by atoms with van der Waals surface area (Å²) in [5.74, 6) is -9.97. The largest absolute Gasteiger partial charge is 0.394 e. The minimum atomic E-state index is -2.31. The normalized spacial score (nSPS) is 18.2. The van der Waals surface area contributed by atoms with Crippen molar-refractivity contribution in [2.45, 2.75) is 67.0 Å². The zero-order chi connectivity index (χ0) is 71.6. The number of nitrogens with one attached hydrogen (secondary N) is 5. The van der Waals surface area contributed by atoms with Crippen LogP contribution in [0, 0.1) is 32.1 Å².